The molecular weight excluding hydrogens is 297 g/mol. The molecule has 0 aromatic heterocycles. The maximum atomic E-state index is 10.7. The summed E-state index contributed by atoms with van der Waals surface area (Å²) in [6, 6.07) is 4.84. The van der Waals surface area contributed by atoms with E-state index in [9.17, 15) is 4.79 Å². The van der Waals surface area contributed by atoms with E-state index in [-0.39, 0.29) is 12.1 Å². The Hall–Kier alpha value is -1.27. The molecule has 0 saturated heterocycles. The zero-order valence-corrected chi connectivity index (χ0v) is 9.17. The molecular formula is C8H6IN3O2. The molecule has 0 radical (unpaired) electrons. The molecule has 6 heteroatoms. The second-order valence-electron chi connectivity index (χ2n) is 2.54. The third kappa shape index (κ3) is 2.90. The standard InChI is InChI=1S/C8H6IN3O2/c9-7-2-5(4-11-12-10)1-6(3-7)8(13)14/h1-3H,4H2,(H,13,14). The third-order valence-electron chi connectivity index (χ3n) is 1.52. The van der Waals surface area contributed by atoms with Gasteiger partial charge in [-0.1, -0.05) is 5.11 Å². The summed E-state index contributed by atoms with van der Waals surface area (Å²) in [4.78, 5) is 13.3. The van der Waals surface area contributed by atoms with E-state index >= 15 is 0 Å². The number of azide groups is 1. The van der Waals surface area contributed by atoms with Crippen LogP contribution >= 0.6 is 22.6 Å². The highest BCUT2D eigenvalue weighted by Crippen LogP contribution is 2.13. The van der Waals surface area contributed by atoms with Gasteiger partial charge < -0.3 is 5.11 Å². The van der Waals surface area contributed by atoms with E-state index in [1.807, 2.05) is 22.6 Å². The predicted molar refractivity (Wildman–Crippen MR) is 59.0 cm³/mol. The topological polar surface area (TPSA) is 86.1 Å². The largest absolute Gasteiger partial charge is 0.478 e. The summed E-state index contributed by atoms with van der Waals surface area (Å²) in [6.45, 7) is 0.174. The number of carbonyl (C=O) groups is 1. The monoisotopic (exact) mass is 303 g/mol. The second-order valence-corrected chi connectivity index (χ2v) is 3.79. The molecule has 1 N–H and O–H groups in total. The average Bonchev–Trinajstić information content (AvgIpc) is 2.14. The van der Waals surface area contributed by atoms with Crippen LogP contribution < -0.4 is 0 Å². The molecule has 0 heterocycles. The molecule has 0 fully saturated rings. The Kier molecular flexibility index (Phi) is 3.73. The first-order valence-electron chi connectivity index (χ1n) is 3.67. The fourth-order valence-electron chi connectivity index (χ4n) is 0.978. The van der Waals surface area contributed by atoms with Gasteiger partial charge in [-0.05, 0) is 51.9 Å². The molecule has 1 aromatic rings. The molecule has 72 valence electrons. The van der Waals surface area contributed by atoms with E-state index in [1.165, 1.54) is 6.07 Å². The zero-order valence-electron chi connectivity index (χ0n) is 7.01. The molecule has 0 aliphatic heterocycles. The van der Waals surface area contributed by atoms with Crippen molar-refractivity contribution in [1.29, 1.82) is 0 Å². The molecule has 0 atom stereocenters. The van der Waals surface area contributed by atoms with Gasteiger partial charge in [0, 0.05) is 8.48 Å². The number of benzene rings is 1. The van der Waals surface area contributed by atoms with Crippen LogP contribution in [-0.2, 0) is 6.54 Å². The van der Waals surface area contributed by atoms with Crippen LogP contribution in [0.2, 0.25) is 0 Å². The summed E-state index contributed by atoms with van der Waals surface area (Å²) in [5.74, 6) is -0.981. The molecule has 0 aliphatic carbocycles. The highest BCUT2D eigenvalue weighted by molar-refractivity contribution is 14.1. The van der Waals surface area contributed by atoms with Gasteiger partial charge >= 0.3 is 5.97 Å². The lowest BCUT2D eigenvalue weighted by atomic mass is 10.1. The molecule has 5 nitrogen and oxygen atoms in total. The Bertz CT molecular complexity index is 413. The highest BCUT2D eigenvalue weighted by Gasteiger charge is 2.04. The number of hydrogen-bond acceptors (Lipinski definition) is 2. The number of carboxylic acid groups (broad SMARTS) is 1. The molecule has 14 heavy (non-hydrogen) atoms. The lowest BCUT2D eigenvalue weighted by Crippen LogP contribution is -1.98. The summed E-state index contributed by atoms with van der Waals surface area (Å²) < 4.78 is 0.811. The first kappa shape index (κ1) is 10.8. The minimum atomic E-state index is -0.981. The minimum absolute atomic E-state index is 0.174. The second kappa shape index (κ2) is 4.83. The van der Waals surface area contributed by atoms with Crippen molar-refractivity contribution in [3.63, 3.8) is 0 Å². The van der Waals surface area contributed by atoms with Crippen LogP contribution in [0, 0.1) is 3.57 Å². The summed E-state index contributed by atoms with van der Waals surface area (Å²) in [6.07, 6.45) is 0. The van der Waals surface area contributed by atoms with Crippen molar-refractivity contribution in [1.82, 2.24) is 0 Å². The van der Waals surface area contributed by atoms with E-state index in [4.69, 9.17) is 10.6 Å². The van der Waals surface area contributed by atoms with Gasteiger partial charge in [-0.25, -0.2) is 4.79 Å². The van der Waals surface area contributed by atoms with Crippen molar-refractivity contribution in [3.05, 3.63) is 43.3 Å². The van der Waals surface area contributed by atoms with E-state index in [1.54, 1.807) is 12.1 Å². The smallest absolute Gasteiger partial charge is 0.335 e. The quantitative estimate of drug-likeness (QED) is 0.403. The van der Waals surface area contributed by atoms with Crippen LogP contribution in [-0.4, -0.2) is 11.1 Å². The Balaban J connectivity index is 3.06. The first-order chi connectivity index (χ1) is 6.63. The molecule has 1 aromatic carbocycles. The van der Waals surface area contributed by atoms with E-state index < -0.39 is 5.97 Å². The van der Waals surface area contributed by atoms with Gasteiger partial charge in [-0.15, -0.1) is 0 Å². The van der Waals surface area contributed by atoms with Gasteiger partial charge in [0.1, 0.15) is 0 Å². The van der Waals surface area contributed by atoms with Crippen molar-refractivity contribution in [2.75, 3.05) is 0 Å². The minimum Gasteiger partial charge on any atom is -0.478 e. The summed E-state index contributed by atoms with van der Waals surface area (Å²) in [5, 5.41) is 12.1. The first-order valence-corrected chi connectivity index (χ1v) is 4.75. The maximum Gasteiger partial charge on any atom is 0.335 e. The van der Waals surface area contributed by atoms with Crippen molar-refractivity contribution < 1.29 is 9.90 Å². The van der Waals surface area contributed by atoms with Crippen LogP contribution in [0.4, 0.5) is 0 Å². The fourth-order valence-corrected chi connectivity index (χ4v) is 1.71. The number of rotatable bonds is 3. The fraction of sp³-hybridized carbons (Fsp3) is 0.125. The lowest BCUT2D eigenvalue weighted by Gasteiger charge is -2.00. The Labute approximate surface area is 93.5 Å². The van der Waals surface area contributed by atoms with Crippen molar-refractivity contribution >= 4 is 28.6 Å². The molecule has 0 unspecified atom stereocenters. The van der Waals surface area contributed by atoms with Crippen molar-refractivity contribution in [3.8, 4) is 0 Å². The molecule has 0 aliphatic rings. The molecule has 0 spiro atoms. The van der Waals surface area contributed by atoms with Gasteiger partial charge in [0.25, 0.3) is 0 Å². The van der Waals surface area contributed by atoms with E-state index in [2.05, 4.69) is 10.0 Å². The Morgan fingerprint density at radius 1 is 1.57 bits per heavy atom. The van der Waals surface area contributed by atoms with Crippen molar-refractivity contribution in [2.24, 2.45) is 5.11 Å². The number of nitrogens with zero attached hydrogens (tertiary/aromatic N) is 3. The van der Waals surface area contributed by atoms with Gasteiger partial charge in [-0.2, -0.15) is 0 Å². The highest BCUT2D eigenvalue weighted by atomic mass is 127. The maximum absolute atomic E-state index is 10.7. The third-order valence-corrected chi connectivity index (χ3v) is 2.14. The van der Waals surface area contributed by atoms with Crippen molar-refractivity contribution in [2.45, 2.75) is 6.54 Å². The summed E-state index contributed by atoms with van der Waals surface area (Å²) in [7, 11) is 0. The number of carboxylic acids is 1. The summed E-state index contributed by atoms with van der Waals surface area (Å²) in [5.41, 5.74) is 9.02. The van der Waals surface area contributed by atoms with Gasteiger partial charge in [0.2, 0.25) is 0 Å². The van der Waals surface area contributed by atoms with Crippen LogP contribution in [0.3, 0.4) is 0 Å². The molecule has 1 rings (SSSR count). The molecule has 0 bridgehead atoms. The average molecular weight is 303 g/mol. The number of hydrogen-bond donors (Lipinski definition) is 1. The normalized spacial score (nSPS) is 9.21. The summed E-state index contributed by atoms with van der Waals surface area (Å²) >= 11 is 2.02. The van der Waals surface area contributed by atoms with Crippen LogP contribution in [0.1, 0.15) is 15.9 Å². The van der Waals surface area contributed by atoms with Crippen LogP contribution in [0.25, 0.3) is 10.4 Å². The number of aromatic carboxylic acids is 1. The lowest BCUT2D eigenvalue weighted by molar-refractivity contribution is 0.0696. The van der Waals surface area contributed by atoms with Gasteiger partial charge in [0.05, 0.1) is 12.1 Å². The SMILES string of the molecule is [N-]=[N+]=NCc1cc(I)cc(C(=O)O)c1. The van der Waals surface area contributed by atoms with E-state index in [0.717, 1.165) is 3.57 Å². The number of halogens is 1. The predicted octanol–water partition coefficient (Wildman–Crippen LogP) is 2.80. The molecule has 0 amide bonds. The Morgan fingerprint density at radius 3 is 2.86 bits per heavy atom. The zero-order chi connectivity index (χ0) is 10.6. The van der Waals surface area contributed by atoms with Crippen LogP contribution in [0.5, 0.6) is 0 Å². The Morgan fingerprint density at radius 2 is 2.29 bits per heavy atom. The van der Waals surface area contributed by atoms with E-state index in [0.29, 0.717) is 5.56 Å². The van der Waals surface area contributed by atoms with Gasteiger partial charge in [0.15, 0.2) is 0 Å². The van der Waals surface area contributed by atoms with Gasteiger partial charge in [-0.3, -0.25) is 0 Å². The van der Waals surface area contributed by atoms with Crippen LogP contribution in [0.15, 0.2) is 23.3 Å². The molecule has 0 saturated carbocycles.